The van der Waals surface area contributed by atoms with E-state index in [4.69, 9.17) is 5.73 Å². The van der Waals surface area contributed by atoms with E-state index in [1.807, 2.05) is 18.6 Å². The molecule has 0 spiro atoms. The molecule has 1 rings (SSSR count). The monoisotopic (exact) mass is 367 g/mol. The third kappa shape index (κ3) is 6.72. The summed E-state index contributed by atoms with van der Waals surface area (Å²) >= 11 is 0. The van der Waals surface area contributed by atoms with Gasteiger partial charge in [0.1, 0.15) is 5.82 Å². The Bertz CT molecular complexity index is 649. The van der Waals surface area contributed by atoms with Gasteiger partial charge in [0, 0.05) is 17.6 Å². The molecule has 0 aliphatic heterocycles. The first-order valence-corrected chi connectivity index (χ1v) is 8.84. The molecule has 0 atom stereocenters. The number of anilines is 1. The number of nitrogens with two attached hydrogens (primary N) is 1. The third-order valence-corrected chi connectivity index (χ3v) is 4.12. The minimum atomic E-state index is -3.63. The zero-order valence-electron chi connectivity index (χ0n) is 13.3. The number of amides is 1. The first-order valence-electron chi connectivity index (χ1n) is 6.94. The van der Waals surface area contributed by atoms with E-state index in [2.05, 4.69) is 5.32 Å². The Labute approximate surface area is 142 Å². The topological polar surface area (TPSA) is 101 Å². The van der Waals surface area contributed by atoms with Crippen LogP contribution in [-0.4, -0.2) is 32.7 Å². The first kappa shape index (κ1) is 21.6. The Balaban J connectivity index is 0.00000484. The molecule has 0 bridgehead atoms. The van der Waals surface area contributed by atoms with Gasteiger partial charge in [-0.3, -0.25) is 9.52 Å². The highest BCUT2D eigenvalue weighted by Gasteiger charge is 2.21. The lowest BCUT2D eigenvalue weighted by atomic mass is 9.94. The smallest absolute Gasteiger partial charge is 0.251 e. The van der Waals surface area contributed by atoms with Crippen LogP contribution < -0.4 is 15.8 Å². The van der Waals surface area contributed by atoms with Crippen molar-refractivity contribution in [3.8, 4) is 0 Å². The van der Waals surface area contributed by atoms with Crippen LogP contribution in [0.25, 0.3) is 0 Å². The van der Waals surface area contributed by atoms with Gasteiger partial charge >= 0.3 is 0 Å². The fraction of sp³-hybridized carbons (Fsp3) is 0.500. The molecule has 9 heteroatoms. The van der Waals surface area contributed by atoms with Crippen molar-refractivity contribution in [3.63, 3.8) is 0 Å². The fourth-order valence-corrected chi connectivity index (χ4v) is 2.36. The Hall–Kier alpha value is -1.38. The van der Waals surface area contributed by atoms with Crippen LogP contribution in [0.5, 0.6) is 0 Å². The van der Waals surface area contributed by atoms with Crippen LogP contribution in [0.4, 0.5) is 10.1 Å². The van der Waals surface area contributed by atoms with Crippen molar-refractivity contribution >= 4 is 34.0 Å². The van der Waals surface area contributed by atoms with Crippen molar-refractivity contribution in [1.29, 1.82) is 0 Å². The van der Waals surface area contributed by atoms with Gasteiger partial charge in [0.15, 0.2) is 0 Å². The molecule has 0 heterocycles. The summed E-state index contributed by atoms with van der Waals surface area (Å²) in [4.78, 5) is 12.1. The molecule has 6 nitrogen and oxygen atoms in total. The molecule has 0 aromatic heterocycles. The van der Waals surface area contributed by atoms with Gasteiger partial charge < -0.3 is 11.1 Å². The molecule has 0 fully saturated rings. The number of carbonyl (C=O) groups is 1. The van der Waals surface area contributed by atoms with Crippen molar-refractivity contribution in [3.05, 3.63) is 29.6 Å². The first-order chi connectivity index (χ1) is 10.1. The van der Waals surface area contributed by atoms with Crippen LogP contribution in [0.3, 0.4) is 0 Å². The second-order valence-corrected chi connectivity index (χ2v) is 7.07. The molecule has 0 unspecified atom stereocenters. The second kappa shape index (κ2) is 8.47. The summed E-state index contributed by atoms with van der Waals surface area (Å²) in [7, 11) is -3.63. The highest BCUT2D eigenvalue weighted by atomic mass is 35.5. The summed E-state index contributed by atoms with van der Waals surface area (Å²) in [6.45, 7) is 4.15. The summed E-state index contributed by atoms with van der Waals surface area (Å²) in [5.41, 5.74) is 5.49. The fourth-order valence-electron chi connectivity index (χ4n) is 1.80. The molecular formula is C14H23ClFN3O3S. The zero-order valence-corrected chi connectivity index (χ0v) is 15.0. The van der Waals surface area contributed by atoms with E-state index in [0.717, 1.165) is 18.4 Å². The van der Waals surface area contributed by atoms with Crippen LogP contribution in [0.2, 0.25) is 0 Å². The lowest BCUT2D eigenvalue weighted by Gasteiger charge is -2.26. The number of nitrogens with one attached hydrogen (secondary N) is 2. The number of halogens is 2. The average Bonchev–Trinajstić information content (AvgIpc) is 2.45. The van der Waals surface area contributed by atoms with Gasteiger partial charge in [-0.1, -0.05) is 13.8 Å². The number of benzene rings is 1. The van der Waals surface area contributed by atoms with E-state index in [-0.39, 0.29) is 30.2 Å². The molecule has 0 saturated carbocycles. The summed E-state index contributed by atoms with van der Waals surface area (Å²) in [6, 6.07) is 3.48. The lowest BCUT2D eigenvalue weighted by Crippen LogP contribution is -2.49. The molecule has 1 amide bonds. The summed E-state index contributed by atoms with van der Waals surface area (Å²) in [5.74, 6) is -1.19. The van der Waals surface area contributed by atoms with Crippen LogP contribution in [-0.2, 0) is 10.0 Å². The molecule has 0 aliphatic carbocycles. The molecule has 132 valence electrons. The summed E-state index contributed by atoms with van der Waals surface area (Å²) in [5, 5.41) is 2.69. The van der Waals surface area contributed by atoms with Gasteiger partial charge in [0.05, 0.1) is 11.9 Å². The number of hydrogen-bond donors (Lipinski definition) is 3. The van der Waals surface area contributed by atoms with Gasteiger partial charge in [0.25, 0.3) is 5.91 Å². The highest BCUT2D eigenvalue weighted by molar-refractivity contribution is 7.92. The largest absolute Gasteiger partial charge is 0.350 e. The van der Waals surface area contributed by atoms with Crippen LogP contribution in [0, 0.1) is 5.82 Å². The van der Waals surface area contributed by atoms with E-state index in [9.17, 15) is 17.6 Å². The maximum Gasteiger partial charge on any atom is 0.251 e. The lowest BCUT2D eigenvalue weighted by molar-refractivity contribution is 0.0942. The molecule has 23 heavy (non-hydrogen) atoms. The quantitative estimate of drug-likeness (QED) is 0.684. The summed E-state index contributed by atoms with van der Waals surface area (Å²) < 4.78 is 37.9. The summed E-state index contributed by atoms with van der Waals surface area (Å²) in [6.07, 6.45) is 2.31. The maximum absolute atomic E-state index is 13.6. The van der Waals surface area contributed by atoms with Crippen LogP contribution in [0.1, 0.15) is 37.0 Å². The molecular weight excluding hydrogens is 345 g/mol. The van der Waals surface area contributed by atoms with Gasteiger partial charge in [0.2, 0.25) is 10.0 Å². The minimum absolute atomic E-state index is 0. The van der Waals surface area contributed by atoms with Gasteiger partial charge in [-0.2, -0.15) is 0 Å². The van der Waals surface area contributed by atoms with Crippen molar-refractivity contribution in [2.45, 2.75) is 32.2 Å². The molecule has 0 aliphatic rings. The average molecular weight is 368 g/mol. The Kier molecular flexibility index (Phi) is 7.96. The third-order valence-electron chi connectivity index (χ3n) is 3.53. The molecule has 0 radical (unpaired) electrons. The van der Waals surface area contributed by atoms with Crippen molar-refractivity contribution in [2.75, 3.05) is 17.5 Å². The van der Waals surface area contributed by atoms with E-state index < -0.39 is 27.3 Å². The van der Waals surface area contributed by atoms with Crippen LogP contribution >= 0.6 is 12.4 Å². The Morgan fingerprint density at radius 2 is 1.87 bits per heavy atom. The van der Waals surface area contributed by atoms with E-state index >= 15 is 0 Å². The van der Waals surface area contributed by atoms with Gasteiger partial charge in [-0.15, -0.1) is 12.4 Å². The van der Waals surface area contributed by atoms with Crippen molar-refractivity contribution in [2.24, 2.45) is 5.73 Å². The number of rotatable bonds is 7. The second-order valence-electron chi connectivity index (χ2n) is 5.32. The Morgan fingerprint density at radius 1 is 1.30 bits per heavy atom. The standard InChI is InChI=1S/C14H22FN3O3S.ClH/c1-4-14(16,5-2)9-17-13(19)10-6-7-11(15)12(8-10)18-22(3,20)21;/h6-8,18H,4-5,9,16H2,1-3H3,(H,17,19);1H. The van der Waals surface area contributed by atoms with Gasteiger partial charge in [-0.25, -0.2) is 12.8 Å². The molecule has 1 aromatic rings. The SMILES string of the molecule is CCC(N)(CC)CNC(=O)c1ccc(F)c(NS(C)(=O)=O)c1.Cl. The predicted molar refractivity (Wildman–Crippen MR) is 91.9 cm³/mol. The van der Waals surface area contributed by atoms with Crippen molar-refractivity contribution in [1.82, 2.24) is 5.32 Å². The number of hydrogen-bond acceptors (Lipinski definition) is 4. The normalized spacial score (nSPS) is 11.5. The Morgan fingerprint density at radius 3 is 2.35 bits per heavy atom. The van der Waals surface area contributed by atoms with E-state index in [1.165, 1.54) is 6.07 Å². The zero-order chi connectivity index (χ0) is 17.0. The number of sulfonamides is 1. The highest BCUT2D eigenvalue weighted by Crippen LogP contribution is 2.17. The molecule has 1 aromatic carbocycles. The number of carbonyl (C=O) groups excluding carboxylic acids is 1. The van der Waals surface area contributed by atoms with E-state index in [1.54, 1.807) is 0 Å². The van der Waals surface area contributed by atoms with Gasteiger partial charge in [-0.05, 0) is 31.0 Å². The molecule has 0 saturated heterocycles. The van der Waals surface area contributed by atoms with Crippen molar-refractivity contribution < 1.29 is 17.6 Å². The minimum Gasteiger partial charge on any atom is -0.350 e. The van der Waals surface area contributed by atoms with Crippen LogP contribution in [0.15, 0.2) is 18.2 Å². The van der Waals surface area contributed by atoms with E-state index in [0.29, 0.717) is 12.8 Å². The predicted octanol–water partition coefficient (Wildman–Crippen LogP) is 1.87. The molecule has 4 N–H and O–H groups in total. The maximum atomic E-state index is 13.6.